The van der Waals surface area contributed by atoms with E-state index >= 15 is 0 Å². The number of anilines is 1. The van der Waals surface area contributed by atoms with Gasteiger partial charge in [0.2, 0.25) is 0 Å². The first-order chi connectivity index (χ1) is 9.09. The van der Waals surface area contributed by atoms with Gasteiger partial charge in [-0.2, -0.15) is 0 Å². The number of nitrogens with two attached hydrogens (primary N) is 1. The van der Waals surface area contributed by atoms with Gasteiger partial charge < -0.3 is 16.0 Å². The predicted octanol–water partition coefficient (Wildman–Crippen LogP) is 1.56. The van der Waals surface area contributed by atoms with E-state index in [1.54, 1.807) is 6.20 Å². The number of pyridine rings is 1. The van der Waals surface area contributed by atoms with Crippen molar-refractivity contribution in [1.82, 2.24) is 15.2 Å². The molecule has 19 heavy (non-hydrogen) atoms. The van der Waals surface area contributed by atoms with E-state index in [0.717, 1.165) is 23.2 Å². The lowest BCUT2D eigenvalue weighted by atomic mass is 10.2. The Morgan fingerprint density at radius 2 is 2.32 bits per heavy atom. The van der Waals surface area contributed by atoms with Crippen LogP contribution in [-0.2, 0) is 0 Å². The lowest BCUT2D eigenvalue weighted by Gasteiger charge is -2.09. The molecule has 2 rings (SSSR count). The summed E-state index contributed by atoms with van der Waals surface area (Å²) in [6.07, 6.45) is 2.62. The molecule has 2 aromatic rings. The van der Waals surface area contributed by atoms with Gasteiger partial charge in [-0.25, -0.2) is 4.98 Å². The Kier molecular flexibility index (Phi) is 4.34. The van der Waals surface area contributed by atoms with Crippen molar-refractivity contribution >= 4 is 33.1 Å². The second-order valence-corrected chi connectivity index (χ2v) is 5.61. The van der Waals surface area contributed by atoms with Crippen LogP contribution >= 0.6 is 11.3 Å². The lowest BCUT2D eigenvalue weighted by molar-refractivity contribution is 0.0957. The fraction of sp³-hybridized carbons (Fsp3) is 0.385. The molecule has 0 aromatic carbocycles. The number of hydrogen-bond donors (Lipinski definition) is 2. The van der Waals surface area contributed by atoms with E-state index in [4.69, 9.17) is 5.73 Å². The molecule has 0 spiro atoms. The zero-order valence-electron chi connectivity index (χ0n) is 11.1. The number of aromatic nitrogens is 1. The molecule has 0 saturated heterocycles. The summed E-state index contributed by atoms with van der Waals surface area (Å²) in [6.45, 7) is 1.60. The van der Waals surface area contributed by atoms with Gasteiger partial charge >= 0.3 is 0 Å². The minimum absolute atomic E-state index is 0.112. The molecule has 3 N–H and O–H groups in total. The highest BCUT2D eigenvalue weighted by Gasteiger charge is 2.16. The topological polar surface area (TPSA) is 71.2 Å². The van der Waals surface area contributed by atoms with Crippen molar-refractivity contribution in [3.63, 3.8) is 0 Å². The molecule has 0 fully saturated rings. The highest BCUT2D eigenvalue weighted by molar-refractivity contribution is 7.21. The van der Waals surface area contributed by atoms with Crippen molar-refractivity contribution < 1.29 is 4.79 Å². The molecule has 0 aliphatic carbocycles. The summed E-state index contributed by atoms with van der Waals surface area (Å²) in [5.41, 5.74) is 6.52. The van der Waals surface area contributed by atoms with Gasteiger partial charge in [-0.15, -0.1) is 11.3 Å². The van der Waals surface area contributed by atoms with E-state index < -0.39 is 0 Å². The molecule has 6 heteroatoms. The molecule has 2 heterocycles. The number of nitrogens with zero attached hydrogens (tertiary/aromatic N) is 2. The maximum atomic E-state index is 12.1. The Labute approximate surface area is 116 Å². The number of rotatable bonds is 5. The largest absolute Gasteiger partial charge is 0.397 e. The summed E-state index contributed by atoms with van der Waals surface area (Å²) in [5.74, 6) is -0.112. The average molecular weight is 278 g/mol. The van der Waals surface area contributed by atoms with Crippen molar-refractivity contribution in [1.29, 1.82) is 0 Å². The Hall–Kier alpha value is -1.66. The molecule has 1 amide bonds. The predicted molar refractivity (Wildman–Crippen MR) is 79.5 cm³/mol. The van der Waals surface area contributed by atoms with Crippen molar-refractivity contribution in [2.24, 2.45) is 0 Å². The Morgan fingerprint density at radius 3 is 3.00 bits per heavy atom. The number of carbonyl (C=O) groups excluding carboxylic acids is 1. The zero-order chi connectivity index (χ0) is 13.8. The summed E-state index contributed by atoms with van der Waals surface area (Å²) >= 11 is 1.34. The van der Waals surface area contributed by atoms with E-state index in [0.29, 0.717) is 17.1 Å². The van der Waals surface area contributed by atoms with Crippen LogP contribution in [0.15, 0.2) is 18.3 Å². The maximum absolute atomic E-state index is 12.1. The van der Waals surface area contributed by atoms with Crippen molar-refractivity contribution in [3.05, 3.63) is 23.2 Å². The average Bonchev–Trinajstić information content (AvgIpc) is 2.72. The van der Waals surface area contributed by atoms with E-state index in [1.807, 2.05) is 26.2 Å². The normalized spacial score (nSPS) is 11.1. The summed E-state index contributed by atoms with van der Waals surface area (Å²) < 4.78 is 0. The number of carbonyl (C=O) groups is 1. The molecular formula is C13H18N4OS. The number of nitrogens with one attached hydrogen (secondary N) is 1. The van der Waals surface area contributed by atoms with Crippen LogP contribution < -0.4 is 11.1 Å². The third-order valence-corrected chi connectivity index (χ3v) is 3.91. The van der Waals surface area contributed by atoms with Crippen molar-refractivity contribution in [2.75, 3.05) is 32.9 Å². The Balaban J connectivity index is 2.03. The quantitative estimate of drug-likeness (QED) is 0.814. The molecule has 2 aromatic heterocycles. The smallest absolute Gasteiger partial charge is 0.263 e. The van der Waals surface area contributed by atoms with E-state index in [2.05, 4.69) is 15.2 Å². The summed E-state index contributed by atoms with van der Waals surface area (Å²) in [6, 6.07) is 3.71. The van der Waals surface area contributed by atoms with Crippen molar-refractivity contribution in [2.45, 2.75) is 6.42 Å². The molecule has 5 nitrogen and oxygen atoms in total. The first kappa shape index (κ1) is 13.8. The highest BCUT2D eigenvalue weighted by atomic mass is 32.1. The molecule has 0 atom stereocenters. The lowest BCUT2D eigenvalue weighted by Crippen LogP contribution is -2.27. The maximum Gasteiger partial charge on any atom is 0.263 e. The first-order valence-electron chi connectivity index (χ1n) is 6.15. The van der Waals surface area contributed by atoms with Crippen LogP contribution in [0.3, 0.4) is 0 Å². The summed E-state index contributed by atoms with van der Waals surface area (Å²) in [5, 5.41) is 3.75. The van der Waals surface area contributed by atoms with Gasteiger partial charge in [0.1, 0.15) is 9.71 Å². The molecular weight excluding hydrogens is 260 g/mol. The van der Waals surface area contributed by atoms with Crippen LogP contribution in [0.2, 0.25) is 0 Å². The van der Waals surface area contributed by atoms with Gasteiger partial charge in [0, 0.05) is 18.1 Å². The molecule has 0 saturated carbocycles. The number of nitrogen functional groups attached to an aromatic ring is 1. The van der Waals surface area contributed by atoms with Gasteiger partial charge in [-0.05, 0) is 39.2 Å². The third kappa shape index (κ3) is 3.21. The van der Waals surface area contributed by atoms with Gasteiger partial charge in [0.15, 0.2) is 0 Å². The molecule has 102 valence electrons. The number of hydrogen-bond acceptors (Lipinski definition) is 5. The first-order valence-corrected chi connectivity index (χ1v) is 6.97. The minimum atomic E-state index is -0.112. The van der Waals surface area contributed by atoms with E-state index in [9.17, 15) is 4.79 Å². The van der Waals surface area contributed by atoms with E-state index in [1.165, 1.54) is 11.3 Å². The van der Waals surface area contributed by atoms with Crippen LogP contribution in [0.5, 0.6) is 0 Å². The standard InChI is InChI=1S/C13H18N4OS/c1-17(2)8-4-7-15-12(18)11-10(14)9-5-3-6-16-13(9)19-11/h3,5-6H,4,7-8,14H2,1-2H3,(H,15,18). The minimum Gasteiger partial charge on any atom is -0.397 e. The number of thiophene rings is 1. The van der Waals surface area contributed by atoms with E-state index in [-0.39, 0.29) is 5.91 Å². The Bertz CT molecular complexity index is 579. The van der Waals surface area contributed by atoms with Gasteiger partial charge in [-0.1, -0.05) is 0 Å². The Morgan fingerprint density at radius 1 is 1.53 bits per heavy atom. The summed E-state index contributed by atoms with van der Waals surface area (Å²) in [4.78, 5) is 19.7. The van der Waals surface area contributed by atoms with Crippen LogP contribution in [0.25, 0.3) is 10.2 Å². The van der Waals surface area contributed by atoms with Crippen LogP contribution in [0, 0.1) is 0 Å². The van der Waals surface area contributed by atoms with Crippen molar-refractivity contribution in [3.8, 4) is 0 Å². The van der Waals surface area contributed by atoms with Gasteiger partial charge in [0.05, 0.1) is 5.69 Å². The van der Waals surface area contributed by atoms with Crippen LogP contribution in [0.1, 0.15) is 16.1 Å². The highest BCUT2D eigenvalue weighted by Crippen LogP contribution is 2.31. The van der Waals surface area contributed by atoms with Crippen LogP contribution in [0.4, 0.5) is 5.69 Å². The fourth-order valence-electron chi connectivity index (χ4n) is 1.80. The molecule has 0 radical (unpaired) electrons. The summed E-state index contributed by atoms with van der Waals surface area (Å²) in [7, 11) is 4.02. The molecule has 0 unspecified atom stereocenters. The molecule has 0 aliphatic heterocycles. The van der Waals surface area contributed by atoms with Gasteiger partial charge in [0.25, 0.3) is 5.91 Å². The third-order valence-electron chi connectivity index (χ3n) is 2.78. The molecule has 0 bridgehead atoms. The van der Waals surface area contributed by atoms with Crippen LogP contribution in [-0.4, -0.2) is 43.0 Å². The molecule has 0 aliphatic rings. The number of amides is 1. The monoisotopic (exact) mass is 278 g/mol. The fourth-order valence-corrected chi connectivity index (χ4v) is 2.78. The second kappa shape index (κ2) is 5.99. The SMILES string of the molecule is CN(C)CCCNC(=O)c1sc2ncccc2c1N. The van der Waals surface area contributed by atoms with Gasteiger partial charge in [-0.3, -0.25) is 4.79 Å². The second-order valence-electron chi connectivity index (χ2n) is 4.61. The number of fused-ring (bicyclic) bond motifs is 1. The zero-order valence-corrected chi connectivity index (χ0v) is 12.0.